The van der Waals surface area contributed by atoms with Crippen molar-refractivity contribution in [2.24, 2.45) is 5.92 Å². The lowest BCUT2D eigenvalue weighted by molar-refractivity contribution is -0.131. The molecule has 1 saturated carbocycles. The van der Waals surface area contributed by atoms with E-state index < -0.39 is 8.32 Å². The highest BCUT2D eigenvalue weighted by Crippen LogP contribution is 2.37. The first-order valence-corrected chi connectivity index (χ1v) is 15.1. The van der Waals surface area contributed by atoms with Gasteiger partial charge in [0.15, 0.2) is 8.32 Å². The molecule has 1 heterocycles. The number of nitrogens with zero attached hydrogens (tertiary/aromatic N) is 1. The fourth-order valence-electron chi connectivity index (χ4n) is 4.96. The summed E-state index contributed by atoms with van der Waals surface area (Å²) in [6, 6.07) is 7.36. The lowest BCUT2D eigenvalue weighted by Gasteiger charge is -2.43. The average molecular weight is 457 g/mol. The number of carbonyl (C=O) groups is 1. The standard InChI is InChI=1S/C23H35Cl2NO2Si/c1-4-5-13-29(2,3)28-22-11-10-20(26-12-6-7-23(26)27)15-18(22)14-17-8-9-19(24)16-21(17)25/h8-9,16,18,20,22H,4-7,10-15H2,1-3H3. The zero-order valence-corrected chi connectivity index (χ0v) is 20.6. The highest BCUT2D eigenvalue weighted by atomic mass is 35.5. The van der Waals surface area contributed by atoms with E-state index in [4.69, 9.17) is 27.6 Å². The smallest absolute Gasteiger partial charge is 0.222 e. The summed E-state index contributed by atoms with van der Waals surface area (Å²) in [6.07, 6.45) is 8.41. The second-order valence-electron chi connectivity index (χ2n) is 9.38. The third-order valence-electron chi connectivity index (χ3n) is 6.54. The fraction of sp³-hybridized carbons (Fsp3) is 0.696. The summed E-state index contributed by atoms with van der Waals surface area (Å²) in [5, 5.41) is 1.40. The second-order valence-corrected chi connectivity index (χ2v) is 14.5. The van der Waals surface area contributed by atoms with Crippen molar-refractivity contribution in [3.05, 3.63) is 33.8 Å². The number of unbranched alkanes of at least 4 members (excludes halogenated alkanes) is 1. The molecule has 0 bridgehead atoms. The van der Waals surface area contributed by atoms with Crippen molar-refractivity contribution < 1.29 is 9.22 Å². The van der Waals surface area contributed by atoms with Crippen molar-refractivity contribution in [3.63, 3.8) is 0 Å². The largest absolute Gasteiger partial charge is 0.414 e. The van der Waals surface area contributed by atoms with Crippen LogP contribution in [-0.2, 0) is 15.6 Å². The van der Waals surface area contributed by atoms with Crippen molar-refractivity contribution in [1.29, 1.82) is 0 Å². The molecule has 0 aromatic heterocycles. The van der Waals surface area contributed by atoms with Crippen LogP contribution in [0.5, 0.6) is 0 Å². The third kappa shape index (κ3) is 6.22. The van der Waals surface area contributed by atoms with Gasteiger partial charge in [-0.1, -0.05) is 49.0 Å². The molecule has 0 spiro atoms. The van der Waals surface area contributed by atoms with Gasteiger partial charge >= 0.3 is 0 Å². The molecule has 1 aromatic carbocycles. The van der Waals surface area contributed by atoms with Crippen molar-refractivity contribution in [2.75, 3.05) is 6.54 Å². The molecule has 3 rings (SSSR count). The van der Waals surface area contributed by atoms with Crippen molar-refractivity contribution in [1.82, 2.24) is 4.90 Å². The van der Waals surface area contributed by atoms with Crippen molar-refractivity contribution in [3.8, 4) is 0 Å². The van der Waals surface area contributed by atoms with Crippen LogP contribution >= 0.6 is 23.2 Å². The minimum atomic E-state index is -1.69. The van der Waals surface area contributed by atoms with Gasteiger partial charge in [-0.3, -0.25) is 4.79 Å². The zero-order valence-electron chi connectivity index (χ0n) is 18.1. The second kappa shape index (κ2) is 10.2. The molecule has 1 aliphatic heterocycles. The van der Waals surface area contributed by atoms with E-state index in [0.29, 0.717) is 29.3 Å². The third-order valence-corrected chi connectivity index (χ3v) is 9.62. The van der Waals surface area contributed by atoms with E-state index in [2.05, 4.69) is 24.9 Å². The van der Waals surface area contributed by atoms with Gasteiger partial charge in [-0.15, -0.1) is 0 Å². The summed E-state index contributed by atoms with van der Waals surface area (Å²) >= 11 is 12.6. The summed E-state index contributed by atoms with van der Waals surface area (Å²) < 4.78 is 6.83. The number of benzene rings is 1. The normalized spacial score (nSPS) is 25.6. The summed E-state index contributed by atoms with van der Waals surface area (Å²) in [7, 11) is -1.69. The molecular weight excluding hydrogens is 421 g/mol. The van der Waals surface area contributed by atoms with Crippen molar-refractivity contribution in [2.45, 2.75) is 89.6 Å². The predicted octanol–water partition coefficient (Wildman–Crippen LogP) is 6.72. The van der Waals surface area contributed by atoms with Crippen LogP contribution in [0.25, 0.3) is 0 Å². The maximum absolute atomic E-state index is 12.3. The lowest BCUT2D eigenvalue weighted by atomic mass is 9.79. The summed E-state index contributed by atoms with van der Waals surface area (Å²) in [4.78, 5) is 14.5. The van der Waals surface area contributed by atoms with E-state index in [1.54, 1.807) is 0 Å². The molecule has 1 aromatic rings. The highest BCUT2D eigenvalue weighted by Gasteiger charge is 2.39. The van der Waals surface area contributed by atoms with Crippen LogP contribution in [0.4, 0.5) is 0 Å². The molecular formula is C23H35Cl2NO2Si. The van der Waals surface area contributed by atoms with E-state index in [0.717, 1.165) is 49.2 Å². The Labute approximate surface area is 187 Å². The predicted molar refractivity (Wildman–Crippen MR) is 124 cm³/mol. The van der Waals surface area contributed by atoms with E-state index in [-0.39, 0.29) is 6.10 Å². The van der Waals surface area contributed by atoms with Crippen LogP contribution in [0.2, 0.25) is 29.2 Å². The number of carbonyl (C=O) groups excluding carboxylic acids is 1. The molecule has 1 amide bonds. The molecule has 3 unspecified atom stereocenters. The van der Waals surface area contributed by atoms with Gasteiger partial charge in [0.05, 0.1) is 0 Å². The zero-order chi connectivity index (χ0) is 21.0. The minimum Gasteiger partial charge on any atom is -0.414 e. The molecule has 1 saturated heterocycles. The first-order chi connectivity index (χ1) is 13.8. The van der Waals surface area contributed by atoms with E-state index in [1.807, 2.05) is 18.2 Å². The molecule has 6 heteroatoms. The Balaban J connectivity index is 1.76. The number of rotatable bonds is 8. The minimum absolute atomic E-state index is 0.259. The molecule has 0 N–H and O–H groups in total. The van der Waals surface area contributed by atoms with Crippen LogP contribution in [0, 0.1) is 5.92 Å². The maximum Gasteiger partial charge on any atom is 0.222 e. The first-order valence-electron chi connectivity index (χ1n) is 11.2. The van der Waals surface area contributed by atoms with Crippen LogP contribution in [-0.4, -0.2) is 37.8 Å². The van der Waals surface area contributed by atoms with Crippen LogP contribution in [0.3, 0.4) is 0 Å². The van der Waals surface area contributed by atoms with Crippen LogP contribution in [0.15, 0.2) is 18.2 Å². The van der Waals surface area contributed by atoms with E-state index >= 15 is 0 Å². The summed E-state index contributed by atoms with van der Waals surface area (Å²) in [6.45, 7) is 7.87. The Hall–Kier alpha value is -0.553. The molecule has 29 heavy (non-hydrogen) atoms. The van der Waals surface area contributed by atoms with E-state index in [9.17, 15) is 4.79 Å². The summed E-state index contributed by atoms with van der Waals surface area (Å²) in [5.74, 6) is 0.713. The average Bonchev–Trinajstić information content (AvgIpc) is 3.09. The Morgan fingerprint density at radius 1 is 1.24 bits per heavy atom. The molecule has 2 fully saturated rings. The molecule has 3 atom stereocenters. The van der Waals surface area contributed by atoms with Gasteiger partial charge in [0.2, 0.25) is 5.91 Å². The van der Waals surface area contributed by atoms with E-state index in [1.165, 1.54) is 18.9 Å². The molecule has 0 radical (unpaired) electrons. The SMILES string of the molecule is CCCC[Si](C)(C)OC1CCC(N2CCCC2=O)CC1Cc1ccc(Cl)cc1Cl. The molecule has 1 aliphatic carbocycles. The Bertz CT molecular complexity index is 712. The number of likely N-dealkylation sites (tertiary alicyclic amines) is 1. The monoisotopic (exact) mass is 455 g/mol. The highest BCUT2D eigenvalue weighted by molar-refractivity contribution is 6.71. The van der Waals surface area contributed by atoms with Gasteiger partial charge in [-0.05, 0) is 74.9 Å². The number of halogens is 2. The van der Waals surface area contributed by atoms with Crippen molar-refractivity contribution >= 4 is 37.4 Å². The molecule has 162 valence electrons. The van der Waals surface area contributed by atoms with Gasteiger partial charge < -0.3 is 9.33 Å². The Kier molecular flexibility index (Phi) is 8.11. The fourth-order valence-corrected chi connectivity index (χ4v) is 7.90. The van der Waals surface area contributed by atoms with Gasteiger partial charge in [-0.2, -0.15) is 0 Å². The van der Waals surface area contributed by atoms with Gasteiger partial charge in [0.25, 0.3) is 0 Å². The topological polar surface area (TPSA) is 29.5 Å². The molecule has 3 nitrogen and oxygen atoms in total. The molecule has 2 aliphatic rings. The number of hydrogen-bond acceptors (Lipinski definition) is 2. The van der Waals surface area contributed by atoms with Gasteiger partial charge in [0, 0.05) is 35.2 Å². The quantitative estimate of drug-likeness (QED) is 0.407. The van der Waals surface area contributed by atoms with Gasteiger partial charge in [-0.25, -0.2) is 0 Å². The lowest BCUT2D eigenvalue weighted by Crippen LogP contribution is -2.47. The number of amides is 1. The van der Waals surface area contributed by atoms with Gasteiger partial charge in [0.1, 0.15) is 0 Å². The van der Waals surface area contributed by atoms with Crippen LogP contribution in [0.1, 0.15) is 57.4 Å². The first kappa shape index (κ1) is 23.1. The Morgan fingerprint density at radius 2 is 2.03 bits per heavy atom. The Morgan fingerprint density at radius 3 is 2.69 bits per heavy atom. The number of hydrogen-bond donors (Lipinski definition) is 0. The maximum atomic E-state index is 12.3. The van der Waals surface area contributed by atoms with Crippen LogP contribution < -0.4 is 0 Å². The summed E-state index contributed by atoms with van der Waals surface area (Å²) in [5.41, 5.74) is 1.14.